The predicted octanol–water partition coefficient (Wildman–Crippen LogP) is -1.06. The Labute approximate surface area is 224 Å². The summed E-state index contributed by atoms with van der Waals surface area (Å²) in [6, 6.07) is -2.51. The van der Waals surface area contributed by atoms with Crippen molar-refractivity contribution in [3.8, 4) is 0 Å². The molecule has 3 aliphatic rings. The molecule has 7 atom stereocenters. The molecule has 0 aromatic rings. The lowest BCUT2D eigenvalue weighted by atomic mass is 9.78. The highest BCUT2D eigenvalue weighted by atomic mass is 32.2. The number of carboxylic acid groups (broad SMARTS) is 2. The molecule has 3 amide bonds. The molecule has 0 aromatic carbocycles. The first-order valence-corrected chi connectivity index (χ1v) is 13.6. The number of aliphatic carboxylic acids is 2. The van der Waals surface area contributed by atoms with Crippen molar-refractivity contribution < 1.29 is 44.0 Å². The van der Waals surface area contributed by atoms with Gasteiger partial charge in [0, 0.05) is 24.7 Å². The molecule has 2 aliphatic heterocycles. The number of rotatable bonds is 13. The second-order valence-electron chi connectivity index (χ2n) is 10.0. The van der Waals surface area contributed by atoms with Gasteiger partial charge >= 0.3 is 11.9 Å². The molecule has 8 N–H and O–H groups in total. The number of allylic oxidation sites excluding steroid dienone is 1. The Morgan fingerprint density at radius 3 is 2.66 bits per heavy atom. The summed E-state index contributed by atoms with van der Waals surface area (Å²) >= 11 is 1.07. The van der Waals surface area contributed by atoms with Crippen LogP contribution in [0.1, 0.15) is 45.4 Å². The van der Waals surface area contributed by atoms with E-state index < -0.39 is 64.9 Å². The van der Waals surface area contributed by atoms with Gasteiger partial charge in [-0.2, -0.15) is 0 Å². The van der Waals surface area contributed by atoms with E-state index in [4.69, 9.17) is 20.7 Å². The van der Waals surface area contributed by atoms with Crippen LogP contribution in [-0.4, -0.2) is 92.5 Å². The SMILES string of the molecule is C[C@]12OCC[C@H]1C(=O)N[C@]2(SCC(NC(=O)CCC(N)C(=O)O)C(=O)NCC(=O)O)[C@@H](O)[C@@H]1C=CCCC1. The van der Waals surface area contributed by atoms with Gasteiger partial charge in [0.05, 0.1) is 12.0 Å². The Bertz CT molecular complexity index is 979. The van der Waals surface area contributed by atoms with Gasteiger partial charge in [-0.3, -0.25) is 24.0 Å². The molecule has 0 bridgehead atoms. The van der Waals surface area contributed by atoms with Crippen LogP contribution in [0.2, 0.25) is 0 Å². The highest BCUT2D eigenvalue weighted by Gasteiger charge is 2.68. The third-order valence-electron chi connectivity index (χ3n) is 7.49. The number of carbonyl (C=O) groups is 5. The lowest BCUT2D eigenvalue weighted by Crippen LogP contribution is -2.64. The van der Waals surface area contributed by atoms with Gasteiger partial charge in [0.15, 0.2) is 0 Å². The molecule has 0 aromatic heterocycles. The van der Waals surface area contributed by atoms with E-state index in [0.29, 0.717) is 19.4 Å². The summed E-state index contributed by atoms with van der Waals surface area (Å²) in [5.41, 5.74) is 4.36. The van der Waals surface area contributed by atoms with Crippen LogP contribution in [0.25, 0.3) is 0 Å². The lowest BCUT2D eigenvalue weighted by Gasteiger charge is -2.47. The number of hydrogen-bond donors (Lipinski definition) is 7. The summed E-state index contributed by atoms with van der Waals surface area (Å²) in [6.45, 7) is 1.41. The summed E-state index contributed by atoms with van der Waals surface area (Å²) in [7, 11) is 0. The van der Waals surface area contributed by atoms with Crippen molar-refractivity contribution >= 4 is 41.4 Å². The highest BCUT2D eigenvalue weighted by molar-refractivity contribution is 8.00. The third kappa shape index (κ3) is 6.30. The average molecular weight is 557 g/mol. The number of hydrogen-bond acceptors (Lipinski definition) is 9. The molecule has 13 nitrogen and oxygen atoms in total. The minimum absolute atomic E-state index is 0.137. The van der Waals surface area contributed by atoms with Crippen molar-refractivity contribution in [2.24, 2.45) is 17.6 Å². The second-order valence-corrected chi connectivity index (χ2v) is 11.3. The third-order valence-corrected chi connectivity index (χ3v) is 9.20. The molecule has 38 heavy (non-hydrogen) atoms. The number of fused-ring (bicyclic) bond motifs is 1. The standard InChI is InChI=1S/C24H36N4O9S/c1-23-14(9-10-37-23)20(33)28-24(23,19(32)13-5-3-2-4-6-13)38-12-16(21(34)26-11-18(30)31)27-17(29)8-7-15(25)22(35)36/h3,5,13-16,19,32H,2,4,6-12,25H2,1H3,(H,26,34)(H,27,29)(H,28,33)(H,30,31)(H,35,36)/t13-,14+,15?,16?,19+,23+,24+/m1/s1. The Kier molecular flexibility index (Phi) is 9.79. The maximum Gasteiger partial charge on any atom is 0.322 e. The molecule has 2 heterocycles. The van der Waals surface area contributed by atoms with E-state index in [-0.39, 0.29) is 30.4 Å². The smallest absolute Gasteiger partial charge is 0.322 e. The van der Waals surface area contributed by atoms with E-state index in [0.717, 1.165) is 24.6 Å². The number of aliphatic hydroxyl groups excluding tert-OH is 1. The molecule has 3 rings (SSSR count). The number of thioether (sulfide) groups is 1. The van der Waals surface area contributed by atoms with Crippen LogP contribution in [0.3, 0.4) is 0 Å². The maximum absolute atomic E-state index is 13.0. The Balaban J connectivity index is 1.84. The van der Waals surface area contributed by atoms with Gasteiger partial charge in [0.25, 0.3) is 0 Å². The summed E-state index contributed by atoms with van der Waals surface area (Å²) in [5.74, 6) is -5.18. The monoisotopic (exact) mass is 556 g/mol. The zero-order valence-corrected chi connectivity index (χ0v) is 22.0. The fourth-order valence-electron chi connectivity index (χ4n) is 5.30. The van der Waals surface area contributed by atoms with Gasteiger partial charge in [-0.05, 0) is 39.0 Å². The Hall–Kier alpha value is -2.68. The zero-order chi connectivity index (χ0) is 28.1. The molecule has 2 unspecified atom stereocenters. The van der Waals surface area contributed by atoms with E-state index in [1.807, 2.05) is 12.2 Å². The molecule has 14 heteroatoms. The number of nitrogens with one attached hydrogen (secondary N) is 3. The fraction of sp³-hybridized carbons (Fsp3) is 0.708. The normalized spacial score (nSPS) is 30.6. The van der Waals surface area contributed by atoms with Gasteiger partial charge in [-0.15, -0.1) is 11.8 Å². The lowest BCUT2D eigenvalue weighted by molar-refractivity contribution is -0.139. The van der Waals surface area contributed by atoms with Crippen molar-refractivity contribution in [3.63, 3.8) is 0 Å². The van der Waals surface area contributed by atoms with Crippen LogP contribution in [0.15, 0.2) is 12.2 Å². The molecule has 2 saturated heterocycles. The number of carbonyl (C=O) groups excluding carboxylic acids is 3. The molecule has 0 spiro atoms. The number of ether oxygens (including phenoxy) is 1. The minimum Gasteiger partial charge on any atom is -0.480 e. The zero-order valence-electron chi connectivity index (χ0n) is 21.2. The minimum atomic E-state index is -1.35. The molecule has 212 valence electrons. The molecular weight excluding hydrogens is 520 g/mol. The average Bonchev–Trinajstić information content (AvgIpc) is 3.38. The van der Waals surface area contributed by atoms with Crippen molar-refractivity contribution in [2.45, 2.75) is 74.1 Å². The summed E-state index contributed by atoms with van der Waals surface area (Å²) < 4.78 is 6.08. The van der Waals surface area contributed by atoms with Crippen molar-refractivity contribution in [2.75, 3.05) is 18.9 Å². The van der Waals surface area contributed by atoms with E-state index in [1.54, 1.807) is 6.92 Å². The number of carboxylic acids is 2. The van der Waals surface area contributed by atoms with Crippen molar-refractivity contribution in [3.05, 3.63) is 12.2 Å². The van der Waals surface area contributed by atoms with E-state index in [2.05, 4.69) is 16.0 Å². The summed E-state index contributed by atoms with van der Waals surface area (Å²) in [5, 5.41) is 37.3. The predicted molar refractivity (Wildman–Crippen MR) is 136 cm³/mol. The van der Waals surface area contributed by atoms with Crippen LogP contribution >= 0.6 is 11.8 Å². The highest BCUT2D eigenvalue weighted by Crippen LogP contribution is 2.54. The molecule has 2 fully saturated rings. The molecule has 0 saturated carbocycles. The Morgan fingerprint density at radius 1 is 1.29 bits per heavy atom. The van der Waals surface area contributed by atoms with E-state index >= 15 is 0 Å². The quantitative estimate of drug-likeness (QED) is 0.136. The van der Waals surface area contributed by atoms with Crippen LogP contribution in [0, 0.1) is 11.8 Å². The van der Waals surface area contributed by atoms with Gasteiger partial charge in [0.2, 0.25) is 17.7 Å². The van der Waals surface area contributed by atoms with Crippen molar-refractivity contribution in [1.29, 1.82) is 0 Å². The summed E-state index contributed by atoms with van der Waals surface area (Å²) in [4.78, 5) is 59.0. The van der Waals surface area contributed by atoms with Crippen LogP contribution in [0.4, 0.5) is 0 Å². The molecular formula is C24H36N4O9S. The van der Waals surface area contributed by atoms with E-state index in [9.17, 15) is 29.1 Å². The second kappa shape index (κ2) is 12.5. The number of aliphatic hydroxyl groups is 1. The summed E-state index contributed by atoms with van der Waals surface area (Å²) in [6.07, 6.45) is 5.29. The Morgan fingerprint density at radius 2 is 2.03 bits per heavy atom. The van der Waals surface area contributed by atoms with Gasteiger partial charge in [-0.1, -0.05) is 12.2 Å². The van der Waals surface area contributed by atoms with Crippen LogP contribution in [-0.2, 0) is 28.7 Å². The molecule has 1 aliphatic carbocycles. The largest absolute Gasteiger partial charge is 0.480 e. The topological polar surface area (TPSA) is 217 Å². The van der Waals surface area contributed by atoms with Gasteiger partial charge in [0.1, 0.15) is 29.1 Å². The first-order valence-electron chi connectivity index (χ1n) is 12.6. The first-order chi connectivity index (χ1) is 17.9. The van der Waals surface area contributed by atoms with Crippen LogP contribution in [0.5, 0.6) is 0 Å². The molecule has 0 radical (unpaired) electrons. The number of amides is 3. The van der Waals surface area contributed by atoms with Crippen LogP contribution < -0.4 is 21.7 Å². The first kappa shape index (κ1) is 29.9. The van der Waals surface area contributed by atoms with Gasteiger partial charge in [-0.25, -0.2) is 0 Å². The number of nitrogens with two attached hydrogens (primary N) is 1. The fourth-order valence-corrected chi connectivity index (χ4v) is 6.97. The van der Waals surface area contributed by atoms with Gasteiger partial charge < -0.3 is 41.7 Å². The van der Waals surface area contributed by atoms with E-state index in [1.165, 1.54) is 0 Å². The van der Waals surface area contributed by atoms with Crippen molar-refractivity contribution in [1.82, 2.24) is 16.0 Å². The maximum atomic E-state index is 13.0.